The molecule has 0 saturated carbocycles. The van der Waals surface area contributed by atoms with Gasteiger partial charge in [-0.25, -0.2) is 13.8 Å². The van der Waals surface area contributed by atoms with Gasteiger partial charge < -0.3 is 10.7 Å². The molecule has 0 fully saturated rings. The molecule has 19 heavy (non-hydrogen) atoms. The van der Waals surface area contributed by atoms with Crippen molar-refractivity contribution < 1.29 is 8.78 Å². The molecule has 2 aromatic carbocycles. The lowest BCUT2D eigenvalue weighted by Gasteiger charge is -2.01. The largest absolute Gasteiger partial charge is 0.397 e. The van der Waals surface area contributed by atoms with Crippen LogP contribution in [0.1, 0.15) is 11.4 Å². The van der Waals surface area contributed by atoms with Gasteiger partial charge in [-0.05, 0) is 23.8 Å². The molecular formula is C14H11F2N3. The third-order valence-corrected chi connectivity index (χ3v) is 2.98. The summed E-state index contributed by atoms with van der Waals surface area (Å²) in [7, 11) is 0. The van der Waals surface area contributed by atoms with Crippen LogP contribution in [0.5, 0.6) is 0 Å². The number of nitrogen functional groups attached to an aromatic ring is 1. The van der Waals surface area contributed by atoms with Crippen molar-refractivity contribution in [1.29, 1.82) is 0 Å². The Labute approximate surface area is 108 Å². The Bertz CT molecular complexity index is 750. The summed E-state index contributed by atoms with van der Waals surface area (Å²) in [4.78, 5) is 7.36. The normalized spacial score (nSPS) is 11.1. The number of anilines is 1. The molecule has 0 unspecified atom stereocenters. The fraction of sp³-hybridized carbons (Fsp3) is 0.0714. The molecule has 3 nitrogen and oxygen atoms in total. The number of nitrogens with zero attached hydrogens (tertiary/aromatic N) is 1. The summed E-state index contributed by atoms with van der Waals surface area (Å²) in [5.74, 6) is -1.14. The molecule has 0 aliphatic rings. The molecule has 3 rings (SSSR count). The lowest BCUT2D eigenvalue weighted by molar-refractivity contribution is 0.500. The van der Waals surface area contributed by atoms with Crippen LogP contribution < -0.4 is 5.73 Å². The summed E-state index contributed by atoms with van der Waals surface area (Å²) in [6, 6.07) is 9.50. The monoisotopic (exact) mass is 259 g/mol. The predicted octanol–water partition coefficient (Wildman–Crippen LogP) is 3.01. The van der Waals surface area contributed by atoms with Crippen LogP contribution in [0.4, 0.5) is 14.5 Å². The van der Waals surface area contributed by atoms with Crippen molar-refractivity contribution in [2.24, 2.45) is 0 Å². The number of fused-ring (bicyclic) bond motifs is 1. The van der Waals surface area contributed by atoms with Crippen molar-refractivity contribution in [3.63, 3.8) is 0 Å². The zero-order chi connectivity index (χ0) is 13.4. The first-order valence-corrected chi connectivity index (χ1v) is 5.81. The third-order valence-electron chi connectivity index (χ3n) is 2.98. The van der Waals surface area contributed by atoms with Gasteiger partial charge in [0.15, 0.2) is 11.6 Å². The van der Waals surface area contributed by atoms with Gasteiger partial charge in [-0.3, -0.25) is 0 Å². The fourth-order valence-electron chi connectivity index (χ4n) is 2.05. The lowest BCUT2D eigenvalue weighted by Crippen LogP contribution is -1.97. The first-order valence-electron chi connectivity index (χ1n) is 5.81. The first-order chi connectivity index (χ1) is 9.15. The highest BCUT2D eigenvalue weighted by Gasteiger charge is 2.11. The Morgan fingerprint density at radius 2 is 1.89 bits per heavy atom. The minimum atomic E-state index is -0.854. The number of halogens is 2. The topological polar surface area (TPSA) is 54.7 Å². The number of aromatic amines is 1. The van der Waals surface area contributed by atoms with E-state index in [1.165, 1.54) is 12.1 Å². The molecule has 0 amide bonds. The lowest BCUT2D eigenvalue weighted by atomic mass is 10.1. The number of imidazole rings is 1. The molecule has 0 bridgehead atoms. The molecule has 0 radical (unpaired) electrons. The van der Waals surface area contributed by atoms with Crippen LogP contribution >= 0.6 is 0 Å². The molecule has 0 aliphatic heterocycles. The van der Waals surface area contributed by atoms with E-state index in [9.17, 15) is 8.78 Å². The molecule has 1 heterocycles. The maximum atomic E-state index is 13.6. The van der Waals surface area contributed by atoms with E-state index in [0.29, 0.717) is 17.0 Å². The summed E-state index contributed by atoms with van der Waals surface area (Å²) in [5, 5.41) is 0. The van der Waals surface area contributed by atoms with Crippen LogP contribution in [0.3, 0.4) is 0 Å². The molecule has 0 spiro atoms. The standard InChI is InChI=1S/C14H11F2N3/c15-9-4-1-3-8(13(9)16)7-12-18-11-6-2-5-10(17)14(11)19-12/h1-6H,7,17H2,(H,18,19). The summed E-state index contributed by atoms with van der Waals surface area (Å²) >= 11 is 0. The Morgan fingerprint density at radius 3 is 2.68 bits per heavy atom. The van der Waals surface area contributed by atoms with Gasteiger partial charge >= 0.3 is 0 Å². The summed E-state index contributed by atoms with van der Waals surface area (Å²) in [6.45, 7) is 0. The smallest absolute Gasteiger partial charge is 0.162 e. The van der Waals surface area contributed by atoms with Crippen molar-refractivity contribution in [3.8, 4) is 0 Å². The second kappa shape index (κ2) is 4.35. The first kappa shape index (κ1) is 11.6. The average molecular weight is 259 g/mol. The van der Waals surface area contributed by atoms with Gasteiger partial charge in [0.25, 0.3) is 0 Å². The number of hydrogen-bond donors (Lipinski definition) is 2. The van der Waals surface area contributed by atoms with Gasteiger partial charge in [0.1, 0.15) is 11.3 Å². The minimum Gasteiger partial charge on any atom is -0.397 e. The number of nitrogens with one attached hydrogen (secondary N) is 1. The predicted molar refractivity (Wildman–Crippen MR) is 69.7 cm³/mol. The van der Waals surface area contributed by atoms with Crippen molar-refractivity contribution in [2.75, 3.05) is 5.73 Å². The third kappa shape index (κ3) is 2.03. The number of aromatic nitrogens is 2. The number of H-pyrrole nitrogens is 1. The fourth-order valence-corrected chi connectivity index (χ4v) is 2.05. The van der Waals surface area contributed by atoms with E-state index in [1.807, 2.05) is 12.1 Å². The van der Waals surface area contributed by atoms with Crippen LogP contribution in [-0.4, -0.2) is 9.97 Å². The van der Waals surface area contributed by atoms with Crippen molar-refractivity contribution in [2.45, 2.75) is 6.42 Å². The SMILES string of the molecule is Nc1cccc2[nH]c(Cc3cccc(F)c3F)nc12. The van der Waals surface area contributed by atoms with Gasteiger partial charge in [0.2, 0.25) is 0 Å². The van der Waals surface area contributed by atoms with Crippen molar-refractivity contribution >= 4 is 16.7 Å². The zero-order valence-corrected chi connectivity index (χ0v) is 9.95. The van der Waals surface area contributed by atoms with E-state index in [-0.39, 0.29) is 12.0 Å². The Morgan fingerprint density at radius 1 is 1.11 bits per heavy atom. The van der Waals surface area contributed by atoms with E-state index in [0.717, 1.165) is 11.6 Å². The highest BCUT2D eigenvalue weighted by Crippen LogP contribution is 2.20. The molecule has 0 saturated heterocycles. The highest BCUT2D eigenvalue weighted by atomic mass is 19.2. The average Bonchev–Trinajstić information content (AvgIpc) is 2.79. The van der Waals surface area contributed by atoms with E-state index in [1.54, 1.807) is 6.07 Å². The van der Waals surface area contributed by atoms with Crippen molar-refractivity contribution in [3.05, 3.63) is 59.4 Å². The number of benzene rings is 2. The van der Waals surface area contributed by atoms with Gasteiger partial charge in [-0.2, -0.15) is 0 Å². The van der Waals surface area contributed by atoms with Crippen LogP contribution in [-0.2, 0) is 6.42 Å². The number of nitrogens with two attached hydrogens (primary N) is 1. The summed E-state index contributed by atoms with van der Waals surface area (Å²) < 4.78 is 26.7. The molecule has 0 atom stereocenters. The van der Waals surface area contributed by atoms with E-state index in [2.05, 4.69) is 9.97 Å². The van der Waals surface area contributed by atoms with E-state index < -0.39 is 11.6 Å². The maximum Gasteiger partial charge on any atom is 0.162 e. The van der Waals surface area contributed by atoms with Crippen molar-refractivity contribution in [1.82, 2.24) is 9.97 Å². The summed E-state index contributed by atoms with van der Waals surface area (Å²) in [6.07, 6.45) is 0.192. The summed E-state index contributed by atoms with van der Waals surface area (Å²) in [5.41, 5.74) is 8.05. The molecule has 96 valence electrons. The number of para-hydroxylation sites is 1. The van der Waals surface area contributed by atoms with Gasteiger partial charge in [-0.15, -0.1) is 0 Å². The van der Waals surface area contributed by atoms with Crippen LogP contribution in [0.15, 0.2) is 36.4 Å². The zero-order valence-electron chi connectivity index (χ0n) is 9.95. The molecule has 3 aromatic rings. The van der Waals surface area contributed by atoms with Gasteiger partial charge in [0.05, 0.1) is 11.2 Å². The van der Waals surface area contributed by atoms with Crippen LogP contribution in [0.2, 0.25) is 0 Å². The van der Waals surface area contributed by atoms with E-state index >= 15 is 0 Å². The van der Waals surface area contributed by atoms with Gasteiger partial charge in [0, 0.05) is 6.42 Å². The van der Waals surface area contributed by atoms with Crippen LogP contribution in [0, 0.1) is 11.6 Å². The Kier molecular flexibility index (Phi) is 2.67. The number of rotatable bonds is 2. The molecule has 1 aromatic heterocycles. The molecule has 0 aliphatic carbocycles. The Hall–Kier alpha value is -2.43. The highest BCUT2D eigenvalue weighted by molar-refractivity contribution is 5.86. The Balaban J connectivity index is 2.02. The van der Waals surface area contributed by atoms with Gasteiger partial charge in [-0.1, -0.05) is 18.2 Å². The van der Waals surface area contributed by atoms with E-state index in [4.69, 9.17) is 5.73 Å². The maximum absolute atomic E-state index is 13.6. The minimum absolute atomic E-state index is 0.192. The molecule has 5 heteroatoms. The second-order valence-corrected chi connectivity index (χ2v) is 4.32. The molecular weight excluding hydrogens is 248 g/mol. The molecule has 3 N–H and O–H groups in total. The quantitative estimate of drug-likeness (QED) is 0.695. The van der Waals surface area contributed by atoms with Crippen LogP contribution in [0.25, 0.3) is 11.0 Å². The number of hydrogen-bond acceptors (Lipinski definition) is 2. The second-order valence-electron chi connectivity index (χ2n) is 4.32.